The van der Waals surface area contributed by atoms with E-state index in [-0.39, 0.29) is 18.4 Å². The van der Waals surface area contributed by atoms with Crippen molar-refractivity contribution in [3.05, 3.63) is 70.8 Å². The normalized spacial score (nSPS) is 16.5. The first kappa shape index (κ1) is 19.8. The van der Waals surface area contributed by atoms with Crippen molar-refractivity contribution in [3.63, 3.8) is 0 Å². The highest BCUT2D eigenvalue weighted by molar-refractivity contribution is 6.22. The van der Waals surface area contributed by atoms with Crippen molar-refractivity contribution in [2.75, 3.05) is 32.7 Å². The third-order valence-electron chi connectivity index (χ3n) is 5.61. The van der Waals surface area contributed by atoms with Crippen LogP contribution in [0.15, 0.2) is 48.5 Å². The maximum absolute atomic E-state index is 12.8. The van der Waals surface area contributed by atoms with Crippen molar-refractivity contribution in [2.45, 2.75) is 13.3 Å². The first-order valence-corrected chi connectivity index (χ1v) is 10.0. The molecule has 0 aromatic heterocycles. The maximum atomic E-state index is 12.8. The predicted octanol–water partition coefficient (Wildman–Crippen LogP) is 1.97. The van der Waals surface area contributed by atoms with Crippen LogP contribution in [0.4, 0.5) is 0 Å². The molecule has 0 N–H and O–H groups in total. The Bertz CT molecular complexity index is 980. The molecule has 2 aromatic carbocycles. The minimum absolute atomic E-state index is 0.0513. The fourth-order valence-electron chi connectivity index (χ4n) is 3.87. The van der Waals surface area contributed by atoms with Crippen LogP contribution in [0.5, 0.6) is 0 Å². The van der Waals surface area contributed by atoms with E-state index in [2.05, 4.69) is 0 Å². The van der Waals surface area contributed by atoms with Gasteiger partial charge in [0.1, 0.15) is 6.54 Å². The lowest BCUT2D eigenvalue weighted by atomic mass is 10.1. The topological polar surface area (TPSA) is 78.0 Å². The summed E-state index contributed by atoms with van der Waals surface area (Å²) in [6.45, 7) is 3.53. The zero-order valence-electron chi connectivity index (χ0n) is 16.8. The summed E-state index contributed by atoms with van der Waals surface area (Å²) in [6, 6.07) is 14.0. The number of rotatable bonds is 3. The van der Waals surface area contributed by atoms with Crippen LogP contribution in [0.2, 0.25) is 0 Å². The summed E-state index contributed by atoms with van der Waals surface area (Å²) in [5, 5.41) is 0. The number of aryl methyl sites for hydroxylation is 1. The summed E-state index contributed by atoms with van der Waals surface area (Å²) in [6.07, 6.45) is 0.644. The van der Waals surface area contributed by atoms with E-state index in [4.69, 9.17) is 0 Å². The maximum Gasteiger partial charge on any atom is 0.262 e. The Kier molecular flexibility index (Phi) is 5.35. The number of nitrogens with zero attached hydrogens (tertiary/aromatic N) is 3. The second-order valence-corrected chi connectivity index (χ2v) is 7.63. The highest BCUT2D eigenvalue weighted by Crippen LogP contribution is 2.22. The van der Waals surface area contributed by atoms with Gasteiger partial charge in [0.05, 0.1) is 11.1 Å². The molecule has 0 unspecified atom stereocenters. The van der Waals surface area contributed by atoms with E-state index in [1.165, 1.54) is 0 Å². The van der Waals surface area contributed by atoms with Gasteiger partial charge in [0, 0.05) is 31.7 Å². The SMILES string of the molecule is Cc1ccc(C(=O)N2CCCN(C(=O)CN3C(=O)c4ccccc4C3=O)CC2)cc1. The van der Waals surface area contributed by atoms with E-state index in [1.54, 1.807) is 34.1 Å². The van der Waals surface area contributed by atoms with Crippen molar-refractivity contribution in [1.82, 2.24) is 14.7 Å². The first-order valence-electron chi connectivity index (χ1n) is 10.0. The molecule has 154 valence electrons. The number of carbonyl (C=O) groups is 4. The summed E-state index contributed by atoms with van der Waals surface area (Å²) < 4.78 is 0. The Morgan fingerprint density at radius 1 is 0.800 bits per heavy atom. The number of imide groups is 1. The highest BCUT2D eigenvalue weighted by Gasteiger charge is 2.37. The lowest BCUT2D eigenvalue weighted by molar-refractivity contribution is -0.131. The van der Waals surface area contributed by atoms with E-state index < -0.39 is 11.8 Å². The van der Waals surface area contributed by atoms with Crippen molar-refractivity contribution >= 4 is 23.6 Å². The molecule has 1 saturated heterocycles. The Morgan fingerprint density at radius 3 is 2.00 bits per heavy atom. The second kappa shape index (κ2) is 8.10. The molecular formula is C23H23N3O4. The molecule has 0 saturated carbocycles. The molecule has 4 amide bonds. The molecule has 0 bridgehead atoms. The molecule has 0 aliphatic carbocycles. The largest absolute Gasteiger partial charge is 0.339 e. The molecule has 2 aliphatic rings. The third kappa shape index (κ3) is 3.70. The number of hydrogen-bond donors (Lipinski definition) is 0. The predicted molar refractivity (Wildman–Crippen MR) is 110 cm³/mol. The lowest BCUT2D eigenvalue weighted by Gasteiger charge is -2.24. The Balaban J connectivity index is 1.38. The standard InChI is InChI=1S/C23H23N3O4/c1-16-7-9-17(10-8-16)21(28)25-12-4-11-24(13-14-25)20(27)15-26-22(29)18-5-2-3-6-19(18)23(26)30/h2-3,5-10H,4,11-15H2,1H3. The van der Waals surface area contributed by atoms with Gasteiger partial charge in [0.25, 0.3) is 17.7 Å². The van der Waals surface area contributed by atoms with E-state index in [1.807, 2.05) is 31.2 Å². The smallest absolute Gasteiger partial charge is 0.262 e. The molecule has 7 heteroatoms. The zero-order chi connectivity index (χ0) is 21.3. The van der Waals surface area contributed by atoms with Gasteiger partial charge in [-0.15, -0.1) is 0 Å². The van der Waals surface area contributed by atoms with Crippen LogP contribution in [0.3, 0.4) is 0 Å². The van der Waals surface area contributed by atoms with Gasteiger partial charge in [0.2, 0.25) is 5.91 Å². The van der Waals surface area contributed by atoms with Crippen LogP contribution in [-0.4, -0.2) is 71.1 Å². The summed E-state index contributed by atoms with van der Waals surface area (Å²) in [4.78, 5) is 54.9. The van der Waals surface area contributed by atoms with Crippen LogP contribution in [0.25, 0.3) is 0 Å². The number of fused-ring (bicyclic) bond motifs is 1. The van der Waals surface area contributed by atoms with Crippen molar-refractivity contribution in [2.24, 2.45) is 0 Å². The van der Waals surface area contributed by atoms with E-state index in [0.717, 1.165) is 10.5 Å². The molecule has 30 heavy (non-hydrogen) atoms. The van der Waals surface area contributed by atoms with Crippen LogP contribution >= 0.6 is 0 Å². The monoisotopic (exact) mass is 405 g/mol. The van der Waals surface area contributed by atoms with Crippen molar-refractivity contribution in [1.29, 1.82) is 0 Å². The molecule has 0 spiro atoms. The molecule has 0 radical (unpaired) electrons. The Hall–Kier alpha value is -3.48. The van der Waals surface area contributed by atoms with Crippen LogP contribution in [-0.2, 0) is 4.79 Å². The van der Waals surface area contributed by atoms with Gasteiger partial charge < -0.3 is 9.80 Å². The van der Waals surface area contributed by atoms with Crippen LogP contribution in [0, 0.1) is 6.92 Å². The molecule has 4 rings (SSSR count). The van der Waals surface area contributed by atoms with E-state index in [9.17, 15) is 19.2 Å². The van der Waals surface area contributed by atoms with Gasteiger partial charge in [-0.2, -0.15) is 0 Å². The van der Waals surface area contributed by atoms with Gasteiger partial charge in [-0.05, 0) is 37.6 Å². The highest BCUT2D eigenvalue weighted by atomic mass is 16.2. The fraction of sp³-hybridized carbons (Fsp3) is 0.304. The molecule has 0 atom stereocenters. The fourth-order valence-corrected chi connectivity index (χ4v) is 3.87. The molecule has 1 fully saturated rings. The number of hydrogen-bond acceptors (Lipinski definition) is 4. The molecule has 2 aliphatic heterocycles. The first-order chi connectivity index (χ1) is 14.5. The number of amides is 4. The van der Waals surface area contributed by atoms with Crippen LogP contribution in [0.1, 0.15) is 43.1 Å². The summed E-state index contributed by atoms with van der Waals surface area (Å²) >= 11 is 0. The van der Waals surface area contributed by atoms with Gasteiger partial charge >= 0.3 is 0 Å². The lowest BCUT2D eigenvalue weighted by Crippen LogP contribution is -2.44. The Morgan fingerprint density at radius 2 is 1.37 bits per heavy atom. The summed E-state index contributed by atoms with van der Waals surface area (Å²) in [7, 11) is 0. The van der Waals surface area contributed by atoms with Crippen LogP contribution < -0.4 is 0 Å². The molecule has 7 nitrogen and oxygen atoms in total. The molecular weight excluding hydrogens is 382 g/mol. The molecule has 2 aromatic rings. The minimum atomic E-state index is -0.435. The summed E-state index contributed by atoms with van der Waals surface area (Å²) in [5.74, 6) is -1.20. The average molecular weight is 405 g/mol. The third-order valence-corrected chi connectivity index (χ3v) is 5.61. The Labute approximate surface area is 174 Å². The van der Waals surface area contributed by atoms with Gasteiger partial charge in [-0.3, -0.25) is 24.1 Å². The molecule has 2 heterocycles. The number of benzene rings is 2. The quantitative estimate of drug-likeness (QED) is 0.732. The van der Waals surface area contributed by atoms with Gasteiger partial charge in [-0.25, -0.2) is 0 Å². The van der Waals surface area contributed by atoms with Crippen molar-refractivity contribution in [3.8, 4) is 0 Å². The summed E-state index contributed by atoms with van der Waals surface area (Å²) in [5.41, 5.74) is 2.39. The van der Waals surface area contributed by atoms with E-state index in [0.29, 0.717) is 49.3 Å². The van der Waals surface area contributed by atoms with Crippen molar-refractivity contribution < 1.29 is 19.2 Å². The van der Waals surface area contributed by atoms with Gasteiger partial charge in [0.15, 0.2) is 0 Å². The van der Waals surface area contributed by atoms with E-state index >= 15 is 0 Å². The number of carbonyl (C=O) groups excluding carboxylic acids is 4. The average Bonchev–Trinajstić information content (AvgIpc) is 2.93. The second-order valence-electron chi connectivity index (χ2n) is 7.63. The zero-order valence-corrected chi connectivity index (χ0v) is 16.8. The van der Waals surface area contributed by atoms with Gasteiger partial charge in [-0.1, -0.05) is 29.8 Å². The minimum Gasteiger partial charge on any atom is -0.339 e.